The molecular weight excluding hydrogens is 448 g/mol. The van der Waals surface area contributed by atoms with Crippen molar-refractivity contribution >= 4 is 40.8 Å². The first-order valence-electron chi connectivity index (χ1n) is 10.0. The number of carbonyl (C=O) groups is 3. The average Bonchev–Trinajstić information content (AvgIpc) is 3.58. The number of hydrogen-bond acceptors (Lipinski definition) is 7. The van der Waals surface area contributed by atoms with Crippen molar-refractivity contribution < 1.29 is 14.4 Å². The summed E-state index contributed by atoms with van der Waals surface area (Å²) in [6, 6.07) is 10.1. The van der Waals surface area contributed by atoms with Gasteiger partial charge in [-0.15, -0.1) is 21.5 Å². The van der Waals surface area contributed by atoms with Crippen molar-refractivity contribution in [3.8, 4) is 0 Å². The minimum atomic E-state index is -0.593. The molecule has 1 aliphatic rings. The van der Waals surface area contributed by atoms with Gasteiger partial charge in [-0.3, -0.25) is 25.2 Å². The molecule has 1 aromatic carbocycles. The molecule has 0 radical (unpaired) electrons. The molecule has 0 aliphatic carbocycles. The van der Waals surface area contributed by atoms with Gasteiger partial charge in [-0.25, -0.2) is 0 Å². The summed E-state index contributed by atoms with van der Waals surface area (Å²) in [6.07, 6.45) is 2.96. The molecule has 1 fully saturated rings. The Morgan fingerprint density at radius 1 is 1.19 bits per heavy atom. The third-order valence-electron chi connectivity index (χ3n) is 5.10. The molecule has 4 rings (SSSR count). The SMILES string of the molecule is Cn1cnnc1SCc1ccc(C(=O)NNC(=O)[C@@H]2CCCN2C(=O)c2cccs2)cc1. The molecule has 3 heterocycles. The number of amides is 3. The molecule has 1 saturated heterocycles. The van der Waals surface area contributed by atoms with E-state index in [1.54, 1.807) is 41.2 Å². The van der Waals surface area contributed by atoms with Gasteiger partial charge in [0.1, 0.15) is 12.4 Å². The van der Waals surface area contributed by atoms with Gasteiger partial charge >= 0.3 is 0 Å². The topological polar surface area (TPSA) is 109 Å². The van der Waals surface area contributed by atoms with E-state index >= 15 is 0 Å². The number of nitrogens with one attached hydrogen (secondary N) is 2. The van der Waals surface area contributed by atoms with Crippen molar-refractivity contribution in [3.05, 3.63) is 64.1 Å². The first kappa shape index (κ1) is 22.0. The minimum Gasteiger partial charge on any atom is -0.326 e. The highest BCUT2D eigenvalue weighted by molar-refractivity contribution is 7.98. The van der Waals surface area contributed by atoms with Crippen LogP contribution < -0.4 is 10.9 Å². The van der Waals surface area contributed by atoms with Crippen LogP contribution in [0.15, 0.2) is 53.3 Å². The van der Waals surface area contributed by atoms with Crippen LogP contribution in [0.2, 0.25) is 0 Å². The van der Waals surface area contributed by atoms with E-state index in [0.29, 0.717) is 29.2 Å². The average molecular weight is 471 g/mol. The quantitative estimate of drug-likeness (QED) is 0.422. The molecule has 3 amide bonds. The first-order chi connectivity index (χ1) is 15.5. The number of nitrogens with zero attached hydrogens (tertiary/aromatic N) is 4. The monoisotopic (exact) mass is 470 g/mol. The number of hydrogen-bond donors (Lipinski definition) is 2. The number of carbonyl (C=O) groups excluding carboxylic acids is 3. The molecule has 2 N–H and O–H groups in total. The van der Waals surface area contributed by atoms with E-state index < -0.39 is 17.9 Å². The normalized spacial score (nSPS) is 15.5. The van der Waals surface area contributed by atoms with Gasteiger partial charge in [-0.05, 0) is 42.0 Å². The van der Waals surface area contributed by atoms with Gasteiger partial charge in [-0.1, -0.05) is 30.0 Å². The standard InChI is InChI=1S/C21H22N6O3S2/c1-26-13-22-25-21(26)32-12-14-6-8-15(9-7-14)18(28)23-24-19(29)16-4-2-10-27(16)20(30)17-5-3-11-31-17/h3,5-9,11,13,16H,2,4,10,12H2,1H3,(H,23,28)(H,24,29)/t16-/m0/s1. The minimum absolute atomic E-state index is 0.154. The van der Waals surface area contributed by atoms with E-state index in [-0.39, 0.29) is 5.91 Å². The number of thiophene rings is 1. The maximum atomic E-state index is 12.6. The fourth-order valence-corrected chi connectivity index (χ4v) is 4.92. The summed E-state index contributed by atoms with van der Waals surface area (Å²) in [7, 11) is 1.88. The molecule has 166 valence electrons. The van der Waals surface area contributed by atoms with Gasteiger partial charge in [-0.2, -0.15) is 0 Å². The fourth-order valence-electron chi connectivity index (χ4n) is 3.40. The number of rotatable bonds is 6. The smallest absolute Gasteiger partial charge is 0.269 e. The summed E-state index contributed by atoms with van der Waals surface area (Å²) in [5, 5.41) is 10.5. The van der Waals surface area contributed by atoms with Crippen molar-refractivity contribution in [1.29, 1.82) is 0 Å². The molecule has 0 saturated carbocycles. The van der Waals surface area contributed by atoms with Gasteiger partial charge < -0.3 is 9.47 Å². The first-order valence-corrected chi connectivity index (χ1v) is 11.9. The lowest BCUT2D eigenvalue weighted by Gasteiger charge is -2.23. The Bertz CT molecular complexity index is 1100. The van der Waals surface area contributed by atoms with Crippen LogP contribution in [-0.2, 0) is 17.6 Å². The van der Waals surface area contributed by atoms with Crippen LogP contribution in [0.4, 0.5) is 0 Å². The molecule has 0 bridgehead atoms. The van der Waals surface area contributed by atoms with Crippen LogP contribution >= 0.6 is 23.1 Å². The van der Waals surface area contributed by atoms with Crippen molar-refractivity contribution in [2.45, 2.75) is 29.8 Å². The predicted octanol–water partition coefficient (Wildman–Crippen LogP) is 2.23. The maximum absolute atomic E-state index is 12.6. The van der Waals surface area contributed by atoms with Crippen molar-refractivity contribution in [2.24, 2.45) is 7.05 Å². The summed E-state index contributed by atoms with van der Waals surface area (Å²) in [4.78, 5) is 39.8. The molecule has 2 aromatic heterocycles. The number of aryl methyl sites for hydroxylation is 1. The van der Waals surface area contributed by atoms with Crippen LogP contribution in [0, 0.1) is 0 Å². The number of likely N-dealkylation sites (tertiary alicyclic amines) is 1. The molecule has 0 spiro atoms. The number of aromatic nitrogens is 3. The number of hydrazine groups is 1. The van der Waals surface area contributed by atoms with Crippen molar-refractivity contribution in [2.75, 3.05) is 6.54 Å². The lowest BCUT2D eigenvalue weighted by atomic mass is 10.1. The lowest BCUT2D eigenvalue weighted by molar-refractivity contribution is -0.125. The zero-order chi connectivity index (χ0) is 22.5. The molecule has 1 aliphatic heterocycles. The van der Waals surface area contributed by atoms with Gasteiger partial charge in [0.05, 0.1) is 4.88 Å². The Labute approximate surface area is 193 Å². The number of thioether (sulfide) groups is 1. The maximum Gasteiger partial charge on any atom is 0.269 e. The van der Waals surface area contributed by atoms with Gasteiger partial charge in [0, 0.05) is 24.9 Å². The molecule has 0 unspecified atom stereocenters. The third-order valence-corrected chi connectivity index (χ3v) is 7.06. The summed E-state index contributed by atoms with van der Waals surface area (Å²) in [5.74, 6) is -0.266. The Hall–Kier alpha value is -3.18. The molecule has 1 atom stereocenters. The van der Waals surface area contributed by atoms with Crippen molar-refractivity contribution in [3.63, 3.8) is 0 Å². The van der Waals surface area contributed by atoms with Crippen LogP contribution in [-0.4, -0.2) is 50.0 Å². The van der Waals surface area contributed by atoms with E-state index in [1.807, 2.05) is 35.2 Å². The highest BCUT2D eigenvalue weighted by Gasteiger charge is 2.35. The lowest BCUT2D eigenvalue weighted by Crippen LogP contribution is -2.51. The molecule has 9 nitrogen and oxygen atoms in total. The highest BCUT2D eigenvalue weighted by atomic mass is 32.2. The Balaban J connectivity index is 1.28. The van der Waals surface area contributed by atoms with E-state index in [9.17, 15) is 14.4 Å². The van der Waals surface area contributed by atoms with Gasteiger partial charge in [0.15, 0.2) is 5.16 Å². The van der Waals surface area contributed by atoms with Gasteiger partial charge in [0.25, 0.3) is 17.7 Å². The fraction of sp³-hybridized carbons (Fsp3) is 0.286. The second-order valence-corrected chi connectivity index (χ2v) is 9.18. The zero-order valence-electron chi connectivity index (χ0n) is 17.4. The Kier molecular flexibility index (Phi) is 6.86. The Morgan fingerprint density at radius 3 is 2.69 bits per heavy atom. The third kappa shape index (κ3) is 5.00. The van der Waals surface area contributed by atoms with Crippen LogP contribution in [0.1, 0.15) is 38.4 Å². The summed E-state index contributed by atoms with van der Waals surface area (Å²) < 4.78 is 1.84. The van der Waals surface area contributed by atoms with E-state index in [0.717, 1.165) is 17.1 Å². The van der Waals surface area contributed by atoms with E-state index in [2.05, 4.69) is 21.0 Å². The second-order valence-electron chi connectivity index (χ2n) is 7.29. The van der Waals surface area contributed by atoms with Crippen LogP contribution in [0.3, 0.4) is 0 Å². The van der Waals surface area contributed by atoms with Crippen LogP contribution in [0.25, 0.3) is 0 Å². The highest BCUT2D eigenvalue weighted by Crippen LogP contribution is 2.22. The molecular formula is C21H22N6O3S2. The van der Waals surface area contributed by atoms with E-state index in [1.165, 1.54) is 11.3 Å². The number of benzene rings is 1. The summed E-state index contributed by atoms with van der Waals surface area (Å²) in [6.45, 7) is 0.524. The molecule has 11 heteroatoms. The predicted molar refractivity (Wildman–Crippen MR) is 121 cm³/mol. The largest absolute Gasteiger partial charge is 0.326 e. The van der Waals surface area contributed by atoms with Crippen LogP contribution in [0.5, 0.6) is 0 Å². The summed E-state index contributed by atoms with van der Waals surface area (Å²) >= 11 is 2.90. The second kappa shape index (κ2) is 9.96. The Morgan fingerprint density at radius 2 is 2.00 bits per heavy atom. The van der Waals surface area contributed by atoms with Gasteiger partial charge in [0.2, 0.25) is 0 Å². The van der Waals surface area contributed by atoms with Crippen molar-refractivity contribution in [1.82, 2.24) is 30.5 Å². The summed E-state index contributed by atoms with van der Waals surface area (Å²) in [5.41, 5.74) is 6.38. The molecule has 3 aromatic rings. The molecule has 32 heavy (non-hydrogen) atoms. The van der Waals surface area contributed by atoms with E-state index in [4.69, 9.17) is 0 Å². The zero-order valence-corrected chi connectivity index (χ0v) is 19.0.